The number of aliphatic hydroxyl groups is 1. The van der Waals surface area contributed by atoms with Gasteiger partial charge in [0.15, 0.2) is 5.82 Å². The van der Waals surface area contributed by atoms with Gasteiger partial charge in [0.2, 0.25) is 0 Å². The van der Waals surface area contributed by atoms with E-state index in [1.165, 1.54) is 0 Å². The fourth-order valence-electron chi connectivity index (χ4n) is 1.60. The molecule has 0 saturated heterocycles. The Morgan fingerprint density at radius 2 is 2.12 bits per heavy atom. The van der Waals surface area contributed by atoms with E-state index >= 15 is 0 Å². The number of methoxy groups -OCH3 is 1. The van der Waals surface area contributed by atoms with E-state index in [0.717, 1.165) is 16.9 Å². The normalized spacial score (nSPS) is 10.3. The average Bonchev–Trinajstić information content (AvgIpc) is 2.38. The first-order chi connectivity index (χ1) is 8.24. The molecule has 1 aromatic carbocycles. The first kappa shape index (κ1) is 11.5. The van der Waals surface area contributed by atoms with Crippen molar-refractivity contribution in [3.8, 4) is 17.1 Å². The molecule has 0 fully saturated rings. The first-order valence-electron chi connectivity index (χ1n) is 5.32. The predicted octanol–water partition coefficient (Wildman–Crippen LogP) is 1.95. The quantitative estimate of drug-likeness (QED) is 0.875. The minimum absolute atomic E-state index is 0.0936. The summed E-state index contributed by atoms with van der Waals surface area (Å²) in [5, 5.41) is 9.06. The van der Waals surface area contributed by atoms with Crippen LogP contribution < -0.4 is 4.74 Å². The maximum atomic E-state index is 9.06. The zero-order valence-electron chi connectivity index (χ0n) is 9.84. The van der Waals surface area contributed by atoms with Crippen LogP contribution in [0.15, 0.2) is 30.5 Å². The van der Waals surface area contributed by atoms with Crippen LogP contribution in [-0.4, -0.2) is 22.2 Å². The summed E-state index contributed by atoms with van der Waals surface area (Å²) >= 11 is 0. The lowest BCUT2D eigenvalue weighted by Gasteiger charge is -2.08. The van der Waals surface area contributed by atoms with Gasteiger partial charge in [-0.15, -0.1) is 0 Å². The summed E-state index contributed by atoms with van der Waals surface area (Å²) in [6.07, 6.45) is 1.63. The molecular formula is C13H14N2O2. The maximum Gasteiger partial charge on any atom is 0.163 e. The van der Waals surface area contributed by atoms with Crippen molar-refractivity contribution in [2.45, 2.75) is 13.5 Å². The van der Waals surface area contributed by atoms with Gasteiger partial charge in [-0.1, -0.05) is 6.07 Å². The number of rotatable bonds is 3. The Hall–Kier alpha value is -1.94. The molecule has 0 saturated carbocycles. The molecule has 4 nitrogen and oxygen atoms in total. The Labute approximate surface area is 99.9 Å². The lowest BCUT2D eigenvalue weighted by atomic mass is 10.1. The maximum absolute atomic E-state index is 9.06. The summed E-state index contributed by atoms with van der Waals surface area (Å²) in [6, 6.07) is 7.52. The minimum atomic E-state index is -0.0936. The molecule has 0 spiro atoms. The molecule has 1 heterocycles. The SMILES string of the molecule is COc1cc(C)ccc1-c1nccc(CO)n1. The van der Waals surface area contributed by atoms with Crippen molar-refractivity contribution in [1.29, 1.82) is 0 Å². The van der Waals surface area contributed by atoms with Crippen LogP contribution in [0.2, 0.25) is 0 Å². The third kappa shape index (κ3) is 2.42. The van der Waals surface area contributed by atoms with Crippen molar-refractivity contribution >= 4 is 0 Å². The van der Waals surface area contributed by atoms with E-state index in [4.69, 9.17) is 9.84 Å². The molecule has 17 heavy (non-hydrogen) atoms. The lowest BCUT2D eigenvalue weighted by molar-refractivity contribution is 0.277. The van der Waals surface area contributed by atoms with Crippen LogP contribution >= 0.6 is 0 Å². The summed E-state index contributed by atoms with van der Waals surface area (Å²) in [7, 11) is 1.62. The minimum Gasteiger partial charge on any atom is -0.496 e. The molecule has 0 aliphatic carbocycles. The van der Waals surface area contributed by atoms with E-state index in [9.17, 15) is 0 Å². The van der Waals surface area contributed by atoms with Crippen LogP contribution in [0.25, 0.3) is 11.4 Å². The number of ether oxygens (including phenoxy) is 1. The molecule has 2 rings (SSSR count). The Kier molecular flexibility index (Phi) is 3.35. The highest BCUT2D eigenvalue weighted by Crippen LogP contribution is 2.28. The monoisotopic (exact) mass is 230 g/mol. The number of aryl methyl sites for hydroxylation is 1. The van der Waals surface area contributed by atoms with Crippen LogP contribution in [-0.2, 0) is 6.61 Å². The summed E-state index contributed by atoms with van der Waals surface area (Å²) in [5.41, 5.74) is 2.54. The lowest BCUT2D eigenvalue weighted by Crippen LogP contribution is -1.97. The molecule has 1 aromatic heterocycles. The van der Waals surface area contributed by atoms with Gasteiger partial charge in [-0.25, -0.2) is 9.97 Å². The van der Waals surface area contributed by atoms with E-state index in [-0.39, 0.29) is 6.61 Å². The predicted molar refractivity (Wildman–Crippen MR) is 64.7 cm³/mol. The topological polar surface area (TPSA) is 55.2 Å². The highest BCUT2D eigenvalue weighted by Gasteiger charge is 2.09. The van der Waals surface area contributed by atoms with Gasteiger partial charge in [-0.3, -0.25) is 0 Å². The van der Waals surface area contributed by atoms with E-state index in [1.54, 1.807) is 19.4 Å². The molecule has 2 aromatic rings. The second-order valence-corrected chi connectivity index (χ2v) is 3.73. The van der Waals surface area contributed by atoms with Crippen LogP contribution in [0.5, 0.6) is 5.75 Å². The first-order valence-corrected chi connectivity index (χ1v) is 5.32. The number of hydrogen-bond donors (Lipinski definition) is 1. The van der Waals surface area contributed by atoms with Gasteiger partial charge in [0.25, 0.3) is 0 Å². The number of nitrogens with zero attached hydrogens (tertiary/aromatic N) is 2. The van der Waals surface area contributed by atoms with E-state index in [2.05, 4.69) is 9.97 Å². The van der Waals surface area contributed by atoms with E-state index < -0.39 is 0 Å². The smallest absolute Gasteiger partial charge is 0.163 e. The van der Waals surface area contributed by atoms with Crippen molar-refractivity contribution in [3.63, 3.8) is 0 Å². The summed E-state index contributed by atoms with van der Waals surface area (Å²) < 4.78 is 5.31. The molecule has 0 bridgehead atoms. The number of hydrogen-bond acceptors (Lipinski definition) is 4. The van der Waals surface area contributed by atoms with Gasteiger partial charge >= 0.3 is 0 Å². The van der Waals surface area contributed by atoms with Crippen molar-refractivity contribution in [1.82, 2.24) is 9.97 Å². The van der Waals surface area contributed by atoms with Crippen LogP contribution in [0.3, 0.4) is 0 Å². The van der Waals surface area contributed by atoms with Crippen LogP contribution in [0, 0.1) is 6.92 Å². The molecule has 88 valence electrons. The second-order valence-electron chi connectivity index (χ2n) is 3.73. The van der Waals surface area contributed by atoms with Gasteiger partial charge in [-0.2, -0.15) is 0 Å². The van der Waals surface area contributed by atoms with Crippen molar-refractivity contribution in [2.75, 3.05) is 7.11 Å². The van der Waals surface area contributed by atoms with E-state index in [0.29, 0.717) is 11.5 Å². The second kappa shape index (κ2) is 4.93. The molecule has 0 radical (unpaired) electrons. The zero-order valence-corrected chi connectivity index (χ0v) is 9.84. The number of benzene rings is 1. The Morgan fingerprint density at radius 1 is 1.29 bits per heavy atom. The molecule has 0 aliphatic rings. The molecule has 0 unspecified atom stereocenters. The summed E-state index contributed by atoms with van der Waals surface area (Å²) in [4.78, 5) is 8.45. The highest BCUT2D eigenvalue weighted by molar-refractivity contribution is 5.64. The average molecular weight is 230 g/mol. The van der Waals surface area contributed by atoms with Gasteiger partial charge in [-0.05, 0) is 30.7 Å². The molecule has 0 aliphatic heterocycles. The van der Waals surface area contributed by atoms with Crippen molar-refractivity contribution in [3.05, 3.63) is 41.7 Å². The fraction of sp³-hybridized carbons (Fsp3) is 0.231. The highest BCUT2D eigenvalue weighted by atomic mass is 16.5. The fourth-order valence-corrected chi connectivity index (χ4v) is 1.60. The summed E-state index contributed by atoms with van der Waals surface area (Å²) in [5.74, 6) is 1.30. The summed E-state index contributed by atoms with van der Waals surface area (Å²) in [6.45, 7) is 1.90. The number of aliphatic hydroxyl groups excluding tert-OH is 1. The van der Waals surface area contributed by atoms with Crippen molar-refractivity contribution in [2.24, 2.45) is 0 Å². The third-order valence-corrected chi connectivity index (χ3v) is 2.47. The van der Waals surface area contributed by atoms with Gasteiger partial charge in [0.1, 0.15) is 5.75 Å². The Balaban J connectivity index is 2.51. The van der Waals surface area contributed by atoms with Gasteiger partial charge in [0.05, 0.1) is 25.0 Å². The zero-order chi connectivity index (χ0) is 12.3. The van der Waals surface area contributed by atoms with Gasteiger partial charge < -0.3 is 9.84 Å². The van der Waals surface area contributed by atoms with Gasteiger partial charge in [0, 0.05) is 6.20 Å². The molecular weight excluding hydrogens is 216 g/mol. The standard InChI is InChI=1S/C13H14N2O2/c1-9-3-4-11(12(7-9)17-2)13-14-6-5-10(8-16)15-13/h3-7,16H,8H2,1-2H3. The largest absolute Gasteiger partial charge is 0.496 e. The Morgan fingerprint density at radius 3 is 2.82 bits per heavy atom. The molecule has 1 N–H and O–H groups in total. The van der Waals surface area contributed by atoms with Crippen LogP contribution in [0.4, 0.5) is 0 Å². The molecule has 0 atom stereocenters. The Bertz CT molecular complexity index is 527. The number of aromatic nitrogens is 2. The van der Waals surface area contributed by atoms with Crippen LogP contribution in [0.1, 0.15) is 11.3 Å². The van der Waals surface area contributed by atoms with Crippen molar-refractivity contribution < 1.29 is 9.84 Å². The molecule has 4 heteroatoms. The third-order valence-electron chi connectivity index (χ3n) is 2.47. The van der Waals surface area contributed by atoms with E-state index in [1.807, 2.05) is 25.1 Å². The molecule has 0 amide bonds.